The molecule has 0 aromatic carbocycles. The normalized spacial score (nSPS) is 12.1. The van der Waals surface area contributed by atoms with Crippen molar-refractivity contribution in [3.63, 3.8) is 0 Å². The number of aryl methyl sites for hydroxylation is 2. The van der Waals surface area contributed by atoms with Crippen molar-refractivity contribution in [1.29, 1.82) is 0 Å². The van der Waals surface area contributed by atoms with Crippen LogP contribution in [0.5, 0.6) is 0 Å². The van der Waals surface area contributed by atoms with E-state index in [4.69, 9.17) is 5.11 Å². The number of amides is 1. The lowest BCUT2D eigenvalue weighted by Gasteiger charge is -2.12. The van der Waals surface area contributed by atoms with Crippen molar-refractivity contribution in [1.82, 2.24) is 24.9 Å². The number of rotatable bonds is 5. The average molecular weight is 291 g/mol. The van der Waals surface area contributed by atoms with E-state index in [0.717, 1.165) is 11.3 Å². The van der Waals surface area contributed by atoms with E-state index >= 15 is 0 Å². The Morgan fingerprint density at radius 3 is 2.67 bits per heavy atom. The largest absolute Gasteiger partial charge is 0.476 e. The summed E-state index contributed by atoms with van der Waals surface area (Å²) in [4.78, 5) is 22.8. The summed E-state index contributed by atoms with van der Waals surface area (Å²) in [5, 5.41) is 19.7. The van der Waals surface area contributed by atoms with Gasteiger partial charge in [-0.2, -0.15) is 10.2 Å². The molecule has 0 fully saturated rings. The molecule has 8 nitrogen and oxygen atoms in total. The van der Waals surface area contributed by atoms with Gasteiger partial charge in [-0.3, -0.25) is 14.2 Å². The Bertz CT molecular complexity index is 673. The first-order valence-electron chi connectivity index (χ1n) is 6.43. The Labute approximate surface area is 121 Å². The Kier molecular flexibility index (Phi) is 4.06. The number of hydrogen-bond acceptors (Lipinski definition) is 4. The van der Waals surface area contributed by atoms with Crippen LogP contribution in [0.25, 0.3) is 0 Å². The van der Waals surface area contributed by atoms with Crippen LogP contribution < -0.4 is 5.32 Å². The lowest BCUT2D eigenvalue weighted by Crippen LogP contribution is -2.31. The molecule has 0 aliphatic rings. The van der Waals surface area contributed by atoms with Gasteiger partial charge < -0.3 is 10.4 Å². The van der Waals surface area contributed by atoms with Crippen LogP contribution in [0.3, 0.4) is 0 Å². The van der Waals surface area contributed by atoms with E-state index in [1.807, 2.05) is 20.2 Å². The lowest BCUT2D eigenvalue weighted by molar-refractivity contribution is -0.124. The van der Waals surface area contributed by atoms with Crippen LogP contribution >= 0.6 is 0 Å². The van der Waals surface area contributed by atoms with Crippen LogP contribution in [0.1, 0.15) is 34.7 Å². The zero-order valence-corrected chi connectivity index (χ0v) is 12.1. The molecule has 2 heterocycles. The number of carboxylic acids is 1. The molecule has 8 heteroatoms. The number of aromatic nitrogens is 4. The molecule has 2 N–H and O–H groups in total. The zero-order valence-electron chi connectivity index (χ0n) is 12.1. The van der Waals surface area contributed by atoms with Crippen molar-refractivity contribution < 1.29 is 14.7 Å². The number of carboxylic acid groups (broad SMARTS) is 1. The summed E-state index contributed by atoms with van der Waals surface area (Å²) in [6, 6.07) is 0.771. The molecule has 112 valence electrons. The molecule has 1 amide bonds. The van der Waals surface area contributed by atoms with E-state index in [0.29, 0.717) is 6.54 Å². The standard InChI is InChI=1S/C13H17N5O3/c1-8-10(7-17(3)15-8)6-14-12(19)9(2)18-5-4-11(16-18)13(20)21/h4-5,7,9H,6H2,1-3H3,(H,14,19)(H,20,21). The molecular formula is C13H17N5O3. The highest BCUT2D eigenvalue weighted by Crippen LogP contribution is 2.08. The van der Waals surface area contributed by atoms with E-state index < -0.39 is 12.0 Å². The highest BCUT2D eigenvalue weighted by Gasteiger charge is 2.17. The fourth-order valence-corrected chi connectivity index (χ4v) is 1.94. The maximum absolute atomic E-state index is 12.1. The van der Waals surface area contributed by atoms with Crippen molar-refractivity contribution in [2.75, 3.05) is 0 Å². The van der Waals surface area contributed by atoms with Crippen molar-refractivity contribution in [3.8, 4) is 0 Å². The summed E-state index contributed by atoms with van der Waals surface area (Å²) in [7, 11) is 1.82. The van der Waals surface area contributed by atoms with Crippen molar-refractivity contribution >= 4 is 11.9 Å². The summed E-state index contributed by atoms with van der Waals surface area (Å²) < 4.78 is 3.02. The van der Waals surface area contributed by atoms with Crippen LogP contribution in [-0.2, 0) is 18.4 Å². The molecule has 0 bridgehead atoms. The smallest absolute Gasteiger partial charge is 0.356 e. The van der Waals surface area contributed by atoms with Crippen LogP contribution in [0.2, 0.25) is 0 Å². The number of hydrogen-bond donors (Lipinski definition) is 2. The SMILES string of the molecule is Cc1nn(C)cc1CNC(=O)C(C)n1ccc(C(=O)O)n1. The first kappa shape index (κ1) is 14.8. The molecule has 0 saturated carbocycles. The van der Waals surface area contributed by atoms with Gasteiger partial charge in [0.25, 0.3) is 0 Å². The second kappa shape index (κ2) is 5.78. The second-order valence-electron chi connectivity index (χ2n) is 4.79. The van der Waals surface area contributed by atoms with Crippen LogP contribution in [0.4, 0.5) is 0 Å². The summed E-state index contributed by atoms with van der Waals surface area (Å²) in [5.41, 5.74) is 1.71. The Morgan fingerprint density at radius 2 is 2.14 bits per heavy atom. The first-order valence-corrected chi connectivity index (χ1v) is 6.43. The quantitative estimate of drug-likeness (QED) is 0.835. The molecule has 21 heavy (non-hydrogen) atoms. The van der Waals surface area contributed by atoms with E-state index in [2.05, 4.69) is 15.5 Å². The molecule has 0 saturated heterocycles. The van der Waals surface area contributed by atoms with Crippen molar-refractivity contribution in [2.45, 2.75) is 26.4 Å². The Morgan fingerprint density at radius 1 is 1.43 bits per heavy atom. The monoisotopic (exact) mass is 291 g/mol. The fraction of sp³-hybridized carbons (Fsp3) is 0.385. The minimum absolute atomic E-state index is 0.0854. The Balaban J connectivity index is 1.99. The summed E-state index contributed by atoms with van der Waals surface area (Å²) in [6.45, 7) is 3.90. The molecular weight excluding hydrogens is 274 g/mol. The number of carbonyl (C=O) groups excluding carboxylic acids is 1. The molecule has 1 atom stereocenters. The number of aromatic carboxylic acids is 1. The van der Waals surface area contributed by atoms with Gasteiger partial charge in [0, 0.05) is 31.5 Å². The van der Waals surface area contributed by atoms with Gasteiger partial charge in [-0.15, -0.1) is 0 Å². The molecule has 0 aliphatic heterocycles. The number of nitrogens with zero attached hydrogens (tertiary/aromatic N) is 4. The van der Waals surface area contributed by atoms with Gasteiger partial charge in [0.1, 0.15) is 6.04 Å². The van der Waals surface area contributed by atoms with Crippen molar-refractivity contribution in [3.05, 3.63) is 35.4 Å². The Hall–Kier alpha value is -2.64. The number of carbonyl (C=O) groups is 2. The average Bonchev–Trinajstić information content (AvgIpc) is 3.02. The van der Waals surface area contributed by atoms with Crippen LogP contribution in [0, 0.1) is 6.92 Å². The first-order chi connectivity index (χ1) is 9.88. The van der Waals surface area contributed by atoms with Gasteiger partial charge in [-0.05, 0) is 19.9 Å². The summed E-state index contributed by atoms with van der Waals surface area (Å²) in [6.07, 6.45) is 3.32. The molecule has 1 unspecified atom stereocenters. The molecule has 0 radical (unpaired) electrons. The van der Waals surface area contributed by atoms with E-state index in [9.17, 15) is 9.59 Å². The van der Waals surface area contributed by atoms with Gasteiger partial charge in [0.05, 0.1) is 5.69 Å². The molecule has 2 aromatic rings. The topological polar surface area (TPSA) is 102 Å². The van der Waals surface area contributed by atoms with Gasteiger partial charge in [0.15, 0.2) is 5.69 Å². The number of nitrogens with one attached hydrogen (secondary N) is 1. The fourth-order valence-electron chi connectivity index (χ4n) is 1.94. The third-order valence-electron chi connectivity index (χ3n) is 3.17. The third kappa shape index (κ3) is 3.28. The lowest BCUT2D eigenvalue weighted by atomic mass is 10.2. The zero-order chi connectivity index (χ0) is 15.6. The van der Waals surface area contributed by atoms with Crippen molar-refractivity contribution in [2.24, 2.45) is 7.05 Å². The molecule has 0 aliphatic carbocycles. The third-order valence-corrected chi connectivity index (χ3v) is 3.17. The summed E-state index contributed by atoms with van der Waals surface area (Å²) in [5.74, 6) is -1.36. The maximum atomic E-state index is 12.1. The highest BCUT2D eigenvalue weighted by molar-refractivity contribution is 5.85. The second-order valence-corrected chi connectivity index (χ2v) is 4.79. The van der Waals surface area contributed by atoms with E-state index in [-0.39, 0.29) is 11.6 Å². The molecule has 2 aromatic heterocycles. The maximum Gasteiger partial charge on any atom is 0.356 e. The van der Waals surface area contributed by atoms with Crippen LogP contribution in [0.15, 0.2) is 18.5 Å². The van der Waals surface area contributed by atoms with Crippen LogP contribution in [-0.4, -0.2) is 36.5 Å². The van der Waals surface area contributed by atoms with Gasteiger partial charge in [-0.25, -0.2) is 4.79 Å². The predicted molar refractivity (Wildman–Crippen MR) is 73.7 cm³/mol. The minimum atomic E-state index is -1.12. The summed E-state index contributed by atoms with van der Waals surface area (Å²) >= 11 is 0. The highest BCUT2D eigenvalue weighted by atomic mass is 16.4. The predicted octanol–water partition coefficient (Wildman–Crippen LogP) is 0.501. The van der Waals surface area contributed by atoms with Gasteiger partial charge in [-0.1, -0.05) is 0 Å². The van der Waals surface area contributed by atoms with E-state index in [1.165, 1.54) is 16.9 Å². The van der Waals surface area contributed by atoms with Gasteiger partial charge >= 0.3 is 5.97 Å². The molecule has 0 spiro atoms. The van der Waals surface area contributed by atoms with E-state index in [1.54, 1.807) is 11.6 Å². The minimum Gasteiger partial charge on any atom is -0.476 e. The molecule has 2 rings (SSSR count). The van der Waals surface area contributed by atoms with Gasteiger partial charge in [0.2, 0.25) is 5.91 Å².